The lowest BCUT2D eigenvalue weighted by Crippen LogP contribution is -1.92. The summed E-state index contributed by atoms with van der Waals surface area (Å²) < 4.78 is 0. The third-order valence-electron chi connectivity index (χ3n) is 2.00. The standard InChI is InChI=1S/C12H17N/c1-3-6-11-7-4-5-8-12(11)9-10-13-2/h4-5,7-10,13H,3,6H2,1-2H3/b10-9-. The Hall–Kier alpha value is -1.24. The summed E-state index contributed by atoms with van der Waals surface area (Å²) in [5.74, 6) is 0. The van der Waals surface area contributed by atoms with E-state index < -0.39 is 0 Å². The Labute approximate surface area is 80.5 Å². The maximum Gasteiger partial charge on any atom is 0.00277 e. The van der Waals surface area contributed by atoms with E-state index in [1.54, 1.807) is 0 Å². The van der Waals surface area contributed by atoms with E-state index in [0.29, 0.717) is 0 Å². The molecule has 0 aliphatic heterocycles. The summed E-state index contributed by atoms with van der Waals surface area (Å²) in [5, 5.41) is 3.00. The van der Waals surface area contributed by atoms with Crippen LogP contribution in [0.2, 0.25) is 0 Å². The Bertz CT molecular complexity index is 276. The van der Waals surface area contributed by atoms with Gasteiger partial charge in [0.05, 0.1) is 0 Å². The van der Waals surface area contributed by atoms with Crippen molar-refractivity contribution in [2.45, 2.75) is 19.8 Å². The molecule has 0 aliphatic rings. The highest BCUT2D eigenvalue weighted by Crippen LogP contribution is 2.12. The van der Waals surface area contributed by atoms with E-state index in [2.05, 4.69) is 42.6 Å². The van der Waals surface area contributed by atoms with Gasteiger partial charge in [-0.1, -0.05) is 37.6 Å². The second-order valence-corrected chi connectivity index (χ2v) is 3.07. The molecule has 0 bridgehead atoms. The Morgan fingerprint density at radius 1 is 1.31 bits per heavy atom. The molecule has 70 valence electrons. The number of nitrogens with one attached hydrogen (secondary N) is 1. The third-order valence-corrected chi connectivity index (χ3v) is 2.00. The maximum absolute atomic E-state index is 3.00. The average Bonchev–Trinajstić information content (AvgIpc) is 2.17. The van der Waals surface area contributed by atoms with E-state index in [-0.39, 0.29) is 0 Å². The van der Waals surface area contributed by atoms with Gasteiger partial charge in [0, 0.05) is 7.05 Å². The van der Waals surface area contributed by atoms with Gasteiger partial charge in [-0.2, -0.15) is 0 Å². The molecule has 0 saturated carbocycles. The zero-order valence-electron chi connectivity index (χ0n) is 8.38. The summed E-state index contributed by atoms with van der Waals surface area (Å²) in [5.41, 5.74) is 2.75. The van der Waals surface area contributed by atoms with E-state index in [0.717, 1.165) is 6.42 Å². The monoisotopic (exact) mass is 175 g/mol. The largest absolute Gasteiger partial charge is 0.394 e. The molecule has 0 radical (unpaired) electrons. The first-order chi connectivity index (χ1) is 6.38. The molecule has 1 rings (SSSR count). The van der Waals surface area contributed by atoms with Crippen LogP contribution in [0.1, 0.15) is 24.5 Å². The molecule has 0 atom stereocenters. The quantitative estimate of drug-likeness (QED) is 0.742. The molecule has 0 aromatic heterocycles. The molecular weight excluding hydrogens is 158 g/mol. The van der Waals surface area contributed by atoms with Gasteiger partial charge in [-0.25, -0.2) is 0 Å². The molecule has 0 saturated heterocycles. The van der Waals surface area contributed by atoms with Crippen molar-refractivity contribution in [3.63, 3.8) is 0 Å². The highest BCUT2D eigenvalue weighted by molar-refractivity contribution is 5.53. The molecule has 0 aliphatic carbocycles. The van der Waals surface area contributed by atoms with Crippen LogP contribution >= 0.6 is 0 Å². The van der Waals surface area contributed by atoms with Gasteiger partial charge in [-0.3, -0.25) is 0 Å². The van der Waals surface area contributed by atoms with Gasteiger partial charge < -0.3 is 5.32 Å². The zero-order chi connectivity index (χ0) is 9.52. The van der Waals surface area contributed by atoms with Crippen molar-refractivity contribution >= 4 is 6.08 Å². The minimum atomic E-state index is 1.16. The van der Waals surface area contributed by atoms with E-state index in [4.69, 9.17) is 0 Å². The van der Waals surface area contributed by atoms with Gasteiger partial charge in [-0.15, -0.1) is 0 Å². The minimum absolute atomic E-state index is 1.16. The predicted molar refractivity (Wildman–Crippen MR) is 58.5 cm³/mol. The molecule has 0 amide bonds. The SMILES string of the molecule is CCCc1ccccc1/C=C\NC. The molecule has 1 N–H and O–H groups in total. The van der Waals surface area contributed by atoms with Crippen molar-refractivity contribution in [1.82, 2.24) is 5.32 Å². The topological polar surface area (TPSA) is 12.0 Å². The summed E-state index contributed by atoms with van der Waals surface area (Å²) in [6.45, 7) is 2.21. The number of hydrogen-bond acceptors (Lipinski definition) is 1. The van der Waals surface area contributed by atoms with E-state index in [9.17, 15) is 0 Å². The van der Waals surface area contributed by atoms with Crippen molar-refractivity contribution in [3.8, 4) is 0 Å². The van der Waals surface area contributed by atoms with Crippen molar-refractivity contribution in [2.24, 2.45) is 0 Å². The number of hydrogen-bond donors (Lipinski definition) is 1. The lowest BCUT2D eigenvalue weighted by molar-refractivity contribution is 0.919. The van der Waals surface area contributed by atoms with Crippen LogP contribution in [-0.2, 0) is 6.42 Å². The van der Waals surface area contributed by atoms with E-state index >= 15 is 0 Å². The highest BCUT2D eigenvalue weighted by atomic mass is 14.8. The van der Waals surface area contributed by atoms with E-state index in [1.807, 2.05) is 13.2 Å². The number of benzene rings is 1. The first-order valence-corrected chi connectivity index (χ1v) is 4.80. The van der Waals surface area contributed by atoms with Crippen LogP contribution in [0.3, 0.4) is 0 Å². The first kappa shape index (κ1) is 9.85. The summed E-state index contributed by atoms with van der Waals surface area (Å²) >= 11 is 0. The van der Waals surface area contributed by atoms with Gasteiger partial charge >= 0.3 is 0 Å². The number of aryl methyl sites for hydroxylation is 1. The molecule has 0 unspecified atom stereocenters. The fraction of sp³-hybridized carbons (Fsp3) is 0.333. The minimum Gasteiger partial charge on any atom is -0.394 e. The van der Waals surface area contributed by atoms with Crippen LogP contribution in [0.15, 0.2) is 30.5 Å². The van der Waals surface area contributed by atoms with Gasteiger partial charge in [0.15, 0.2) is 0 Å². The fourth-order valence-corrected chi connectivity index (χ4v) is 1.37. The van der Waals surface area contributed by atoms with Crippen LogP contribution in [0, 0.1) is 0 Å². The van der Waals surface area contributed by atoms with Crippen LogP contribution in [0.5, 0.6) is 0 Å². The van der Waals surface area contributed by atoms with Gasteiger partial charge in [-0.05, 0) is 29.8 Å². The molecule has 1 heteroatoms. The fourth-order valence-electron chi connectivity index (χ4n) is 1.37. The smallest absolute Gasteiger partial charge is 0.00277 e. The summed E-state index contributed by atoms with van der Waals surface area (Å²) in [6.07, 6.45) is 6.44. The Kier molecular flexibility index (Phi) is 4.10. The normalized spacial score (nSPS) is 10.6. The second-order valence-electron chi connectivity index (χ2n) is 3.07. The third kappa shape index (κ3) is 2.94. The van der Waals surface area contributed by atoms with Crippen molar-refractivity contribution in [2.75, 3.05) is 7.05 Å². The van der Waals surface area contributed by atoms with Crippen molar-refractivity contribution in [3.05, 3.63) is 41.6 Å². The summed E-state index contributed by atoms with van der Waals surface area (Å²) in [4.78, 5) is 0. The Balaban J connectivity index is 2.84. The van der Waals surface area contributed by atoms with Crippen molar-refractivity contribution < 1.29 is 0 Å². The first-order valence-electron chi connectivity index (χ1n) is 4.80. The lowest BCUT2D eigenvalue weighted by Gasteiger charge is -2.03. The highest BCUT2D eigenvalue weighted by Gasteiger charge is 1.95. The molecule has 0 spiro atoms. The zero-order valence-corrected chi connectivity index (χ0v) is 8.38. The second kappa shape index (κ2) is 5.41. The molecule has 0 fully saturated rings. The van der Waals surface area contributed by atoms with Gasteiger partial charge in [0.2, 0.25) is 0 Å². The number of rotatable bonds is 4. The van der Waals surface area contributed by atoms with Crippen LogP contribution in [-0.4, -0.2) is 7.05 Å². The Morgan fingerprint density at radius 2 is 2.08 bits per heavy atom. The molecule has 0 heterocycles. The van der Waals surface area contributed by atoms with E-state index in [1.165, 1.54) is 17.5 Å². The Morgan fingerprint density at radius 3 is 2.77 bits per heavy atom. The van der Waals surface area contributed by atoms with Gasteiger partial charge in [0.25, 0.3) is 0 Å². The molecule has 1 aromatic carbocycles. The molecule has 1 aromatic rings. The van der Waals surface area contributed by atoms with Crippen LogP contribution in [0.4, 0.5) is 0 Å². The maximum atomic E-state index is 3.00. The molecule has 13 heavy (non-hydrogen) atoms. The van der Waals surface area contributed by atoms with Crippen LogP contribution < -0.4 is 5.32 Å². The lowest BCUT2D eigenvalue weighted by atomic mass is 10.0. The molecular formula is C12H17N. The van der Waals surface area contributed by atoms with Crippen molar-refractivity contribution in [1.29, 1.82) is 0 Å². The van der Waals surface area contributed by atoms with Crippen LogP contribution in [0.25, 0.3) is 6.08 Å². The van der Waals surface area contributed by atoms with Gasteiger partial charge in [0.1, 0.15) is 0 Å². The predicted octanol–water partition coefficient (Wildman–Crippen LogP) is 2.83. The summed E-state index contributed by atoms with van der Waals surface area (Å²) in [6, 6.07) is 8.52. The molecule has 1 nitrogen and oxygen atoms in total. The average molecular weight is 175 g/mol. The summed E-state index contributed by atoms with van der Waals surface area (Å²) in [7, 11) is 1.92.